The Balaban J connectivity index is 2.55. The normalized spacial score (nSPS) is 20.8. The Hall–Kier alpha value is -2.45. The van der Waals surface area contributed by atoms with Gasteiger partial charge >= 0.3 is 19.8 Å². The van der Waals surface area contributed by atoms with Gasteiger partial charge in [0, 0.05) is 25.2 Å². The number of carbonyl (C=O) groups excluding carboxylic acids is 2. The van der Waals surface area contributed by atoms with Gasteiger partial charge in [0.15, 0.2) is 12.4 Å². The minimum absolute atomic E-state index is 0.0239. The van der Waals surface area contributed by atoms with Crippen LogP contribution in [0.25, 0.3) is 0 Å². The van der Waals surface area contributed by atoms with Crippen molar-refractivity contribution in [2.24, 2.45) is 5.92 Å². The van der Waals surface area contributed by atoms with E-state index in [0.29, 0.717) is 49.6 Å². The topological polar surface area (TPSA) is 178 Å². The van der Waals surface area contributed by atoms with Gasteiger partial charge in [-0.15, -0.1) is 0 Å². The van der Waals surface area contributed by atoms with Crippen molar-refractivity contribution in [1.82, 2.24) is 0 Å². The van der Waals surface area contributed by atoms with E-state index < -0.39 is 57.1 Å². The minimum Gasteiger partial charge on any atom is -0.462 e. The van der Waals surface area contributed by atoms with Crippen molar-refractivity contribution in [1.29, 1.82) is 0 Å². The van der Waals surface area contributed by atoms with E-state index in [4.69, 9.17) is 23.3 Å². The van der Waals surface area contributed by atoms with E-state index in [0.717, 1.165) is 38.5 Å². The zero-order chi connectivity index (χ0) is 45.9. The van der Waals surface area contributed by atoms with Crippen molar-refractivity contribution in [2.45, 2.75) is 179 Å². The van der Waals surface area contributed by atoms with Crippen LogP contribution >= 0.6 is 7.82 Å². The number of rotatable bonds is 37. The molecule has 4 N–H and O–H groups in total. The molecule has 62 heavy (non-hydrogen) atoms. The fourth-order valence-electron chi connectivity index (χ4n) is 6.54. The lowest BCUT2D eigenvalue weighted by Crippen LogP contribution is -2.43. The molecule has 0 amide bonds. The van der Waals surface area contributed by atoms with Gasteiger partial charge in [-0.2, -0.15) is 0 Å². The Morgan fingerprint density at radius 1 is 0.758 bits per heavy atom. The van der Waals surface area contributed by atoms with Crippen molar-refractivity contribution in [3.63, 3.8) is 0 Å². The van der Waals surface area contributed by atoms with Gasteiger partial charge in [0.1, 0.15) is 19.8 Å². The van der Waals surface area contributed by atoms with Gasteiger partial charge in [0.25, 0.3) is 0 Å². The first-order chi connectivity index (χ1) is 29.7. The third-order valence-corrected chi connectivity index (χ3v) is 11.3. The number of unbranched alkanes of at least 4 members (excludes halogenated alkanes) is 10. The SMILES string of the molecule is CCCCCCCC/C=C\C/C=C\C/C=C\CCCC(=O)O[C@H](COC(=O)CCC/C=C\C[C@H]1[C@@H](O)CC(O)O[C@@H]1/C=C/[C@@H](O)CCCCC)COP(=O)(O)OCC[N+](C)(C)C. The Morgan fingerprint density at radius 2 is 1.34 bits per heavy atom. The van der Waals surface area contributed by atoms with Gasteiger partial charge in [-0.1, -0.05) is 126 Å². The smallest absolute Gasteiger partial charge is 0.462 e. The first-order valence-corrected chi connectivity index (χ1v) is 24.9. The van der Waals surface area contributed by atoms with E-state index in [2.05, 4.69) is 44.2 Å². The molecule has 13 nitrogen and oxygen atoms in total. The van der Waals surface area contributed by atoms with Crippen LogP contribution in [0.3, 0.4) is 0 Å². The molecule has 0 aromatic carbocycles. The molecule has 0 aromatic rings. The summed E-state index contributed by atoms with van der Waals surface area (Å²) in [6, 6.07) is 0. The summed E-state index contributed by atoms with van der Waals surface area (Å²) in [5, 5.41) is 31.0. The molecule has 0 saturated carbocycles. The average molecular weight is 899 g/mol. The zero-order valence-corrected chi connectivity index (χ0v) is 39.8. The molecule has 0 aromatic heterocycles. The van der Waals surface area contributed by atoms with Gasteiger partial charge in [-0.25, -0.2) is 4.57 Å². The Bertz CT molecular complexity index is 1360. The first kappa shape index (κ1) is 57.6. The molecule has 0 radical (unpaired) electrons. The number of esters is 2. The Kier molecular flexibility index (Phi) is 33.3. The van der Waals surface area contributed by atoms with Gasteiger partial charge in [0.2, 0.25) is 0 Å². The van der Waals surface area contributed by atoms with E-state index in [-0.39, 0.29) is 38.4 Å². The highest BCUT2D eigenvalue weighted by Gasteiger charge is 2.35. The van der Waals surface area contributed by atoms with E-state index in [1.165, 1.54) is 38.5 Å². The van der Waals surface area contributed by atoms with E-state index in [1.54, 1.807) is 12.2 Å². The highest BCUT2D eigenvalue weighted by Crippen LogP contribution is 2.43. The third kappa shape index (κ3) is 33.1. The molecule has 1 aliphatic rings. The van der Waals surface area contributed by atoms with Gasteiger partial charge < -0.3 is 38.9 Å². The quantitative estimate of drug-likeness (QED) is 0.0153. The number of aliphatic hydroxyl groups excluding tert-OH is 3. The largest absolute Gasteiger partial charge is 0.472 e. The summed E-state index contributed by atoms with van der Waals surface area (Å²) < 4.78 is 39.9. The molecule has 1 fully saturated rings. The molecule has 2 unspecified atom stereocenters. The highest BCUT2D eigenvalue weighted by atomic mass is 31.2. The number of likely N-dealkylation sites (N-methyl/N-ethyl adjacent to an activating group) is 1. The number of phosphoric ester groups is 1. The molecule has 0 spiro atoms. The fourth-order valence-corrected chi connectivity index (χ4v) is 7.28. The average Bonchev–Trinajstić information content (AvgIpc) is 3.20. The second kappa shape index (κ2) is 35.8. The Labute approximate surface area is 374 Å². The maximum absolute atomic E-state index is 12.7. The third-order valence-electron chi connectivity index (χ3n) is 10.3. The van der Waals surface area contributed by atoms with Gasteiger partial charge in [-0.05, 0) is 64.2 Å². The molecule has 1 heterocycles. The second-order valence-corrected chi connectivity index (χ2v) is 18.8. The van der Waals surface area contributed by atoms with E-state index >= 15 is 0 Å². The molecule has 1 rings (SSSR count). The number of phosphoric acid groups is 1. The molecular weight excluding hydrogens is 813 g/mol. The lowest BCUT2D eigenvalue weighted by molar-refractivity contribution is -0.870. The van der Waals surface area contributed by atoms with E-state index in [1.807, 2.05) is 39.4 Å². The van der Waals surface area contributed by atoms with Crippen LogP contribution in [0.1, 0.15) is 149 Å². The van der Waals surface area contributed by atoms with Crippen LogP contribution < -0.4 is 0 Å². The number of carbonyl (C=O) groups is 2. The van der Waals surface area contributed by atoms with Gasteiger partial charge in [-0.3, -0.25) is 18.6 Å². The number of allylic oxidation sites excluding steroid dienone is 8. The molecule has 14 heteroatoms. The van der Waals surface area contributed by atoms with Crippen molar-refractivity contribution in [3.8, 4) is 0 Å². The fraction of sp³-hybridized carbons (Fsp3) is 0.750. The Morgan fingerprint density at radius 3 is 2.00 bits per heavy atom. The van der Waals surface area contributed by atoms with Gasteiger partial charge in [0.05, 0.1) is 46.1 Å². The molecular formula is C48H85NO12P+. The number of nitrogens with zero attached hydrogens (tertiary/aromatic N) is 1. The number of aliphatic hydroxyl groups is 3. The summed E-state index contributed by atoms with van der Waals surface area (Å²) in [7, 11) is 1.29. The first-order valence-electron chi connectivity index (χ1n) is 23.4. The highest BCUT2D eigenvalue weighted by molar-refractivity contribution is 7.47. The van der Waals surface area contributed by atoms with Crippen LogP contribution in [0.5, 0.6) is 0 Å². The lowest BCUT2D eigenvalue weighted by atomic mass is 9.87. The molecule has 0 aliphatic carbocycles. The van der Waals surface area contributed by atoms with Crippen LogP contribution in [-0.4, -0.2) is 115 Å². The summed E-state index contributed by atoms with van der Waals surface area (Å²) in [5.74, 6) is -1.37. The summed E-state index contributed by atoms with van der Waals surface area (Å²) in [6.45, 7) is 3.92. The predicted octanol–water partition coefficient (Wildman–Crippen LogP) is 9.35. The second-order valence-electron chi connectivity index (χ2n) is 17.3. The van der Waals surface area contributed by atoms with Crippen molar-refractivity contribution in [3.05, 3.63) is 60.8 Å². The monoisotopic (exact) mass is 899 g/mol. The van der Waals surface area contributed by atoms with Crippen LogP contribution in [0, 0.1) is 5.92 Å². The minimum atomic E-state index is -4.46. The van der Waals surface area contributed by atoms with E-state index in [9.17, 15) is 34.4 Å². The number of quaternary nitrogens is 1. The van der Waals surface area contributed by atoms with Crippen LogP contribution in [0.4, 0.5) is 0 Å². The molecule has 358 valence electrons. The van der Waals surface area contributed by atoms with Crippen LogP contribution in [-0.2, 0) is 37.4 Å². The maximum atomic E-state index is 12.7. The van der Waals surface area contributed by atoms with Crippen molar-refractivity contribution < 1.29 is 62.1 Å². The molecule has 1 aliphatic heterocycles. The summed E-state index contributed by atoms with van der Waals surface area (Å²) >= 11 is 0. The molecule has 1 saturated heterocycles. The summed E-state index contributed by atoms with van der Waals surface area (Å²) in [4.78, 5) is 35.6. The standard InChI is InChI=1S/C48H84NO12P/c1-6-8-10-11-12-13-14-15-16-17-18-19-20-21-22-23-29-33-47(53)60-42(40-59-62(55,56)58-37-36-49(3,4)5)39-57-46(52)32-28-25-24-27-31-43-44(51)38-48(54)61-45(43)35-34-41(50)30-26-9-7-2/h15-16,18-19,21-22,24,27,34-35,41-45,48,50-51,54H,6-14,17,20,23,25-26,28-33,36-40H2,1-5H3/p+1/b16-15-,19-18-,22-21-,27-24-,35-34+/t41-,42+,43-,44-,45+,48?/m0/s1. The van der Waals surface area contributed by atoms with Crippen molar-refractivity contribution >= 4 is 19.8 Å². The molecule has 7 atom stereocenters. The predicted molar refractivity (Wildman–Crippen MR) is 246 cm³/mol. The number of ether oxygens (including phenoxy) is 3. The zero-order valence-electron chi connectivity index (χ0n) is 38.9. The number of hydrogen-bond donors (Lipinski definition) is 4. The van der Waals surface area contributed by atoms with Crippen LogP contribution in [0.15, 0.2) is 60.8 Å². The van der Waals surface area contributed by atoms with Crippen LogP contribution in [0.2, 0.25) is 0 Å². The summed E-state index contributed by atoms with van der Waals surface area (Å²) in [6.07, 6.45) is 33.3. The number of hydrogen-bond acceptors (Lipinski definition) is 11. The maximum Gasteiger partial charge on any atom is 0.472 e. The molecule has 0 bridgehead atoms. The van der Waals surface area contributed by atoms with Crippen molar-refractivity contribution in [2.75, 3.05) is 47.5 Å². The lowest BCUT2D eigenvalue weighted by Gasteiger charge is -2.36. The summed E-state index contributed by atoms with van der Waals surface area (Å²) in [5.41, 5.74) is 0.